The molecule has 8 nitrogen and oxygen atoms in total. The Morgan fingerprint density at radius 2 is 1.71 bits per heavy atom. The summed E-state index contributed by atoms with van der Waals surface area (Å²) in [6.07, 6.45) is 3.24. The number of likely N-dealkylation sites (tertiary alicyclic amines) is 1. The van der Waals surface area contributed by atoms with E-state index in [1.807, 2.05) is 32.8 Å². The van der Waals surface area contributed by atoms with Crippen LogP contribution in [0.5, 0.6) is 0 Å². The lowest BCUT2D eigenvalue weighted by molar-refractivity contribution is -0.883. The van der Waals surface area contributed by atoms with E-state index in [9.17, 15) is 14.4 Å². The van der Waals surface area contributed by atoms with Crippen molar-refractivity contribution in [1.82, 2.24) is 10.2 Å². The minimum absolute atomic E-state index is 0.138. The maximum atomic E-state index is 12.7. The molecule has 0 radical (unpaired) electrons. The van der Waals surface area contributed by atoms with Crippen molar-refractivity contribution in [1.29, 1.82) is 0 Å². The number of quaternary nitrogens is 1. The average Bonchev–Trinajstić information content (AvgIpc) is 3.20. The molecule has 1 rings (SSSR count). The summed E-state index contributed by atoms with van der Waals surface area (Å²) in [7, 11) is 5.63. The van der Waals surface area contributed by atoms with Crippen LogP contribution in [0.3, 0.4) is 0 Å². The van der Waals surface area contributed by atoms with E-state index in [-0.39, 0.29) is 47.9 Å². The zero-order valence-electron chi connectivity index (χ0n) is 23.6. The van der Waals surface area contributed by atoms with Crippen LogP contribution in [0.25, 0.3) is 0 Å². The molecule has 0 aromatic carbocycles. The van der Waals surface area contributed by atoms with Crippen molar-refractivity contribution in [2.75, 3.05) is 60.5 Å². The van der Waals surface area contributed by atoms with Gasteiger partial charge in [0.05, 0.1) is 26.7 Å². The first-order chi connectivity index (χ1) is 15.7. The normalized spacial score (nSPS) is 16.5. The Labute approximate surface area is 208 Å². The quantitative estimate of drug-likeness (QED) is 0.319. The largest absolute Gasteiger partial charge is 0.451 e. The van der Waals surface area contributed by atoms with Crippen LogP contribution < -0.4 is 5.32 Å². The molecule has 1 unspecified atom stereocenters. The summed E-state index contributed by atoms with van der Waals surface area (Å²) in [5, 5.41) is 2.88. The molecule has 1 fully saturated rings. The third-order valence-electron chi connectivity index (χ3n) is 5.93. The van der Waals surface area contributed by atoms with Crippen LogP contribution in [0.4, 0.5) is 0 Å². The molecular formula is C26H52N3O5+. The number of nitrogens with one attached hydrogen (secondary N) is 1. The fourth-order valence-electron chi connectivity index (χ4n) is 4.70. The highest BCUT2D eigenvalue weighted by Gasteiger charge is 2.34. The molecule has 200 valence electrons. The number of carbonyl (C=O) groups excluding carboxylic acids is 3. The monoisotopic (exact) mass is 486 g/mol. The summed E-state index contributed by atoms with van der Waals surface area (Å²) < 4.78 is 11.1. The van der Waals surface area contributed by atoms with Crippen LogP contribution in [0.1, 0.15) is 74.1 Å². The number of likely N-dealkylation sites (N-methyl/N-ethyl adjacent to an activating group) is 1. The predicted molar refractivity (Wildman–Crippen MR) is 136 cm³/mol. The number of hydrogen-bond acceptors (Lipinski definition) is 5. The number of esters is 1. The number of ether oxygens (including phenoxy) is 2. The van der Waals surface area contributed by atoms with Gasteiger partial charge in [-0.15, -0.1) is 0 Å². The Bertz CT molecular complexity index is 646. The molecule has 0 bridgehead atoms. The smallest absolute Gasteiger partial charge is 0.362 e. The molecule has 0 aliphatic carbocycles. The second-order valence-corrected chi connectivity index (χ2v) is 11.4. The summed E-state index contributed by atoms with van der Waals surface area (Å²) in [6.45, 7) is 17.1. The van der Waals surface area contributed by atoms with E-state index in [0.29, 0.717) is 24.0 Å². The van der Waals surface area contributed by atoms with E-state index in [0.717, 1.165) is 32.4 Å². The Morgan fingerprint density at radius 3 is 2.24 bits per heavy atom. The first-order valence-electron chi connectivity index (χ1n) is 12.7. The summed E-state index contributed by atoms with van der Waals surface area (Å²) >= 11 is 0. The Morgan fingerprint density at radius 1 is 1.09 bits per heavy atom. The Kier molecular flexibility index (Phi) is 13.9. The van der Waals surface area contributed by atoms with Crippen LogP contribution in [-0.4, -0.2) is 93.8 Å². The topological polar surface area (TPSA) is 84.9 Å². The third kappa shape index (κ3) is 13.3. The SMILES string of the molecule is CC.CCC[N+](C)(C)CC(=O)OCC(=O)NCC(C)(C)CC(C)(C)CC(=O)N1CCC(OC)C1. The third-order valence-corrected chi connectivity index (χ3v) is 5.93. The van der Waals surface area contributed by atoms with Gasteiger partial charge in [0.2, 0.25) is 5.91 Å². The molecule has 34 heavy (non-hydrogen) atoms. The van der Waals surface area contributed by atoms with Gasteiger partial charge >= 0.3 is 5.97 Å². The molecule has 1 N–H and O–H groups in total. The van der Waals surface area contributed by atoms with E-state index in [1.165, 1.54) is 0 Å². The minimum Gasteiger partial charge on any atom is -0.451 e. The number of hydrogen-bond donors (Lipinski definition) is 1. The number of nitrogens with zero attached hydrogens (tertiary/aromatic N) is 2. The molecular weight excluding hydrogens is 434 g/mol. The van der Waals surface area contributed by atoms with E-state index in [2.05, 4.69) is 39.9 Å². The van der Waals surface area contributed by atoms with Crippen LogP contribution >= 0.6 is 0 Å². The number of rotatable bonds is 13. The maximum absolute atomic E-state index is 12.7. The molecule has 0 aromatic heterocycles. The second-order valence-electron chi connectivity index (χ2n) is 11.4. The van der Waals surface area contributed by atoms with Gasteiger partial charge in [0.1, 0.15) is 0 Å². The highest BCUT2D eigenvalue weighted by molar-refractivity contribution is 5.80. The van der Waals surface area contributed by atoms with E-state index < -0.39 is 0 Å². The van der Waals surface area contributed by atoms with E-state index in [1.54, 1.807) is 7.11 Å². The molecule has 1 atom stereocenters. The summed E-state index contributed by atoms with van der Waals surface area (Å²) in [4.78, 5) is 38.8. The number of methoxy groups -OCH3 is 1. The van der Waals surface area contributed by atoms with Crippen LogP contribution in [0, 0.1) is 10.8 Å². The van der Waals surface area contributed by atoms with Crippen molar-refractivity contribution in [3.05, 3.63) is 0 Å². The van der Waals surface area contributed by atoms with E-state index in [4.69, 9.17) is 9.47 Å². The van der Waals surface area contributed by atoms with Gasteiger partial charge in [-0.05, 0) is 30.1 Å². The van der Waals surface area contributed by atoms with Crippen molar-refractivity contribution >= 4 is 17.8 Å². The van der Waals surface area contributed by atoms with Crippen LogP contribution in [-0.2, 0) is 23.9 Å². The zero-order valence-corrected chi connectivity index (χ0v) is 23.6. The molecule has 0 aromatic rings. The molecule has 1 saturated heterocycles. The van der Waals surface area contributed by atoms with Gasteiger partial charge in [0.15, 0.2) is 13.2 Å². The number of amides is 2. The molecule has 8 heteroatoms. The number of carbonyl (C=O) groups is 3. The first kappa shape index (κ1) is 32.3. The van der Waals surface area contributed by atoms with Crippen LogP contribution in [0.15, 0.2) is 0 Å². The molecule has 0 spiro atoms. The van der Waals surface area contributed by atoms with Gasteiger partial charge in [-0.2, -0.15) is 0 Å². The van der Waals surface area contributed by atoms with Gasteiger partial charge in [0.25, 0.3) is 5.91 Å². The molecule has 2 amide bonds. The molecule has 1 aliphatic rings. The average molecular weight is 487 g/mol. The van der Waals surface area contributed by atoms with Crippen molar-refractivity contribution in [3.63, 3.8) is 0 Å². The summed E-state index contributed by atoms with van der Waals surface area (Å²) in [6, 6.07) is 0. The molecule has 1 heterocycles. The van der Waals surface area contributed by atoms with Gasteiger partial charge in [0, 0.05) is 33.2 Å². The maximum Gasteiger partial charge on any atom is 0.362 e. The lowest BCUT2D eigenvalue weighted by Gasteiger charge is -2.35. The fraction of sp³-hybridized carbons (Fsp3) is 0.885. The lowest BCUT2D eigenvalue weighted by Crippen LogP contribution is -2.45. The summed E-state index contributed by atoms with van der Waals surface area (Å²) in [5.41, 5.74) is -0.407. The Balaban J connectivity index is 0.00000529. The van der Waals surface area contributed by atoms with E-state index >= 15 is 0 Å². The molecule has 0 saturated carbocycles. The first-order valence-corrected chi connectivity index (χ1v) is 12.7. The van der Waals surface area contributed by atoms with Crippen molar-refractivity contribution < 1.29 is 28.3 Å². The van der Waals surface area contributed by atoms with Crippen LogP contribution in [0.2, 0.25) is 0 Å². The zero-order chi connectivity index (χ0) is 26.6. The predicted octanol–water partition coefficient (Wildman–Crippen LogP) is 3.24. The minimum atomic E-state index is -0.366. The standard InChI is InChI=1S/C24H45N3O5.C2H6/c1-9-12-27(6,7)15-22(30)32-16-20(28)25-18-24(4,5)17-23(2,3)13-21(29)26-11-10-19(14-26)31-8;1-2/h19H,9-18H2,1-8H3;1-2H3/p+1. The summed E-state index contributed by atoms with van der Waals surface area (Å²) in [5.74, 6) is -0.510. The van der Waals surface area contributed by atoms with Crippen molar-refractivity contribution in [2.24, 2.45) is 10.8 Å². The van der Waals surface area contributed by atoms with Crippen molar-refractivity contribution in [2.45, 2.75) is 80.3 Å². The highest BCUT2D eigenvalue weighted by Crippen LogP contribution is 2.36. The van der Waals surface area contributed by atoms with Crippen molar-refractivity contribution in [3.8, 4) is 0 Å². The second kappa shape index (κ2) is 14.7. The van der Waals surface area contributed by atoms with Gasteiger partial charge < -0.3 is 24.2 Å². The Hall–Kier alpha value is -1.67. The molecule has 1 aliphatic heterocycles. The highest BCUT2D eigenvalue weighted by atomic mass is 16.5. The fourth-order valence-corrected chi connectivity index (χ4v) is 4.70. The van der Waals surface area contributed by atoms with Gasteiger partial charge in [-0.3, -0.25) is 9.59 Å². The van der Waals surface area contributed by atoms with Gasteiger partial charge in [-0.25, -0.2) is 4.79 Å². The van der Waals surface area contributed by atoms with Gasteiger partial charge in [-0.1, -0.05) is 48.5 Å². The lowest BCUT2D eigenvalue weighted by atomic mass is 9.73.